The van der Waals surface area contributed by atoms with Crippen LogP contribution in [0.15, 0.2) is 30.5 Å². The largest absolute Gasteiger partial charge is 0.348 e. The summed E-state index contributed by atoms with van der Waals surface area (Å²) < 4.78 is 0. The third-order valence-corrected chi connectivity index (χ3v) is 3.63. The molecule has 1 fully saturated rings. The van der Waals surface area contributed by atoms with Crippen molar-refractivity contribution in [2.24, 2.45) is 0 Å². The molecule has 0 bridgehead atoms. The van der Waals surface area contributed by atoms with E-state index in [1.54, 1.807) is 0 Å². The molecule has 0 amide bonds. The lowest BCUT2D eigenvalue weighted by molar-refractivity contribution is 0.447. The van der Waals surface area contributed by atoms with Crippen molar-refractivity contribution in [3.63, 3.8) is 0 Å². The lowest BCUT2D eigenvalue weighted by atomic mass is 9.98. The number of aromatic nitrogens is 2. The van der Waals surface area contributed by atoms with Crippen LogP contribution in [0, 0.1) is 11.3 Å². The monoisotopic (exact) mass is 252 g/mol. The number of piperidine rings is 1. The molecule has 0 unspecified atom stereocenters. The molecule has 4 heteroatoms. The van der Waals surface area contributed by atoms with E-state index in [-0.39, 0.29) is 0 Å². The molecule has 1 aromatic carbocycles. The number of hydrogen-bond acceptors (Lipinski definition) is 3. The minimum absolute atomic E-state index is 0.536. The van der Waals surface area contributed by atoms with E-state index in [2.05, 4.69) is 16.4 Å². The molecule has 19 heavy (non-hydrogen) atoms. The van der Waals surface area contributed by atoms with E-state index in [1.165, 1.54) is 0 Å². The second-order valence-electron chi connectivity index (χ2n) is 4.88. The number of nitrogens with zero attached hydrogens (tertiary/aromatic N) is 2. The van der Waals surface area contributed by atoms with Crippen molar-refractivity contribution in [3.05, 3.63) is 41.9 Å². The van der Waals surface area contributed by atoms with Crippen LogP contribution in [-0.4, -0.2) is 23.1 Å². The van der Waals surface area contributed by atoms with E-state index >= 15 is 0 Å². The number of benzene rings is 1. The molecule has 1 aliphatic rings. The molecule has 4 nitrogen and oxygen atoms in total. The minimum atomic E-state index is 0.536. The van der Waals surface area contributed by atoms with Gasteiger partial charge in [0.25, 0.3) is 0 Å². The molecule has 0 saturated carbocycles. The normalized spacial score (nSPS) is 16.2. The van der Waals surface area contributed by atoms with Crippen molar-refractivity contribution >= 4 is 0 Å². The standard InChI is InChI=1S/C15H16N4/c16-9-11-1-3-12(4-2-11)14-10-18-15(19-14)13-5-7-17-8-6-13/h1-4,10,13,17H,5-8H2,(H,18,19). The first-order valence-electron chi connectivity index (χ1n) is 6.63. The number of nitriles is 1. The van der Waals surface area contributed by atoms with Crippen LogP contribution in [0.4, 0.5) is 0 Å². The predicted octanol–water partition coefficient (Wildman–Crippen LogP) is 2.42. The van der Waals surface area contributed by atoms with Crippen LogP contribution in [0.2, 0.25) is 0 Å². The van der Waals surface area contributed by atoms with Crippen molar-refractivity contribution in [3.8, 4) is 17.3 Å². The minimum Gasteiger partial charge on any atom is -0.348 e. The first-order valence-corrected chi connectivity index (χ1v) is 6.63. The van der Waals surface area contributed by atoms with Gasteiger partial charge in [0.1, 0.15) is 5.82 Å². The van der Waals surface area contributed by atoms with Crippen molar-refractivity contribution < 1.29 is 0 Å². The van der Waals surface area contributed by atoms with Gasteiger partial charge in [-0.05, 0) is 38.1 Å². The van der Waals surface area contributed by atoms with Crippen LogP contribution in [-0.2, 0) is 0 Å². The zero-order valence-corrected chi connectivity index (χ0v) is 10.7. The highest BCUT2D eigenvalue weighted by atomic mass is 14.9. The van der Waals surface area contributed by atoms with Crippen LogP contribution >= 0.6 is 0 Å². The Labute approximate surface area is 112 Å². The summed E-state index contributed by atoms with van der Waals surface area (Å²) in [5.41, 5.74) is 2.69. The Kier molecular flexibility index (Phi) is 3.30. The third kappa shape index (κ3) is 2.51. The highest BCUT2D eigenvalue weighted by Crippen LogP contribution is 2.25. The zero-order chi connectivity index (χ0) is 13.1. The molecule has 2 heterocycles. The summed E-state index contributed by atoms with van der Waals surface area (Å²) >= 11 is 0. The van der Waals surface area contributed by atoms with Crippen LogP contribution < -0.4 is 5.32 Å². The van der Waals surface area contributed by atoms with E-state index in [4.69, 9.17) is 10.2 Å². The number of H-pyrrole nitrogens is 1. The molecule has 96 valence electrons. The summed E-state index contributed by atoms with van der Waals surface area (Å²) in [7, 11) is 0. The number of rotatable bonds is 2. The fourth-order valence-corrected chi connectivity index (χ4v) is 2.50. The molecule has 1 saturated heterocycles. The molecule has 0 radical (unpaired) electrons. The molecule has 1 aromatic heterocycles. The van der Waals surface area contributed by atoms with Crippen LogP contribution in [0.3, 0.4) is 0 Å². The van der Waals surface area contributed by atoms with Crippen LogP contribution in [0.1, 0.15) is 30.1 Å². The number of imidazole rings is 1. The fraction of sp³-hybridized carbons (Fsp3) is 0.333. The van der Waals surface area contributed by atoms with E-state index in [9.17, 15) is 0 Å². The van der Waals surface area contributed by atoms with Gasteiger partial charge < -0.3 is 10.3 Å². The van der Waals surface area contributed by atoms with Gasteiger partial charge in [0.05, 0.1) is 17.3 Å². The van der Waals surface area contributed by atoms with Gasteiger partial charge >= 0.3 is 0 Å². The second-order valence-corrected chi connectivity index (χ2v) is 4.88. The SMILES string of the molecule is N#Cc1ccc(-c2c[nH]c(C3CCNCC3)n2)cc1. The molecule has 0 spiro atoms. The zero-order valence-electron chi connectivity index (χ0n) is 10.7. The fourth-order valence-electron chi connectivity index (χ4n) is 2.50. The highest BCUT2D eigenvalue weighted by Gasteiger charge is 2.18. The van der Waals surface area contributed by atoms with Crippen molar-refractivity contribution in [2.75, 3.05) is 13.1 Å². The van der Waals surface area contributed by atoms with Gasteiger partial charge in [-0.25, -0.2) is 4.98 Å². The topological polar surface area (TPSA) is 64.5 Å². The number of hydrogen-bond donors (Lipinski definition) is 2. The molecule has 0 aliphatic carbocycles. The van der Waals surface area contributed by atoms with Crippen LogP contribution in [0.25, 0.3) is 11.3 Å². The summed E-state index contributed by atoms with van der Waals surface area (Å²) in [5.74, 6) is 1.62. The Morgan fingerprint density at radius 3 is 2.58 bits per heavy atom. The van der Waals surface area contributed by atoms with Gasteiger partial charge in [0, 0.05) is 17.7 Å². The summed E-state index contributed by atoms with van der Waals surface area (Å²) in [5, 5.41) is 12.2. The van der Waals surface area contributed by atoms with Crippen molar-refractivity contribution in [1.29, 1.82) is 5.26 Å². The van der Waals surface area contributed by atoms with Gasteiger partial charge in [-0.1, -0.05) is 12.1 Å². The van der Waals surface area contributed by atoms with Crippen molar-refractivity contribution in [2.45, 2.75) is 18.8 Å². The second kappa shape index (κ2) is 5.25. The Morgan fingerprint density at radius 1 is 1.16 bits per heavy atom. The van der Waals surface area contributed by atoms with Gasteiger partial charge in [-0.15, -0.1) is 0 Å². The lowest BCUT2D eigenvalue weighted by Crippen LogP contribution is -2.27. The first kappa shape index (κ1) is 11.9. The van der Waals surface area contributed by atoms with Crippen LogP contribution in [0.5, 0.6) is 0 Å². The molecule has 2 aromatic rings. The molecular formula is C15H16N4. The lowest BCUT2D eigenvalue weighted by Gasteiger charge is -2.20. The Balaban J connectivity index is 1.81. The Morgan fingerprint density at radius 2 is 1.89 bits per heavy atom. The molecule has 0 atom stereocenters. The molecular weight excluding hydrogens is 236 g/mol. The maximum absolute atomic E-state index is 8.80. The van der Waals surface area contributed by atoms with E-state index in [1.807, 2.05) is 30.5 Å². The van der Waals surface area contributed by atoms with Gasteiger partial charge in [0.2, 0.25) is 0 Å². The predicted molar refractivity (Wildman–Crippen MR) is 73.6 cm³/mol. The first-order chi connectivity index (χ1) is 9.36. The van der Waals surface area contributed by atoms with Gasteiger partial charge in [0.15, 0.2) is 0 Å². The van der Waals surface area contributed by atoms with Gasteiger partial charge in [-0.2, -0.15) is 5.26 Å². The third-order valence-electron chi connectivity index (χ3n) is 3.63. The summed E-state index contributed by atoms with van der Waals surface area (Å²) in [6, 6.07) is 9.67. The number of aromatic amines is 1. The molecule has 1 aliphatic heterocycles. The quantitative estimate of drug-likeness (QED) is 0.862. The average Bonchev–Trinajstić information content (AvgIpc) is 2.98. The van der Waals surface area contributed by atoms with E-state index in [0.717, 1.165) is 43.0 Å². The summed E-state index contributed by atoms with van der Waals surface area (Å²) in [4.78, 5) is 7.99. The van der Waals surface area contributed by atoms with Crippen molar-refractivity contribution in [1.82, 2.24) is 15.3 Å². The Bertz CT molecular complexity index is 585. The molecule has 3 rings (SSSR count). The molecule has 2 N–H and O–H groups in total. The number of nitrogens with one attached hydrogen (secondary N) is 2. The Hall–Kier alpha value is -2.12. The average molecular weight is 252 g/mol. The van der Waals surface area contributed by atoms with E-state index < -0.39 is 0 Å². The smallest absolute Gasteiger partial charge is 0.110 e. The van der Waals surface area contributed by atoms with E-state index in [0.29, 0.717) is 11.5 Å². The maximum Gasteiger partial charge on any atom is 0.110 e. The maximum atomic E-state index is 8.80. The van der Waals surface area contributed by atoms with Gasteiger partial charge in [-0.3, -0.25) is 0 Å². The summed E-state index contributed by atoms with van der Waals surface area (Å²) in [6.45, 7) is 2.13. The summed E-state index contributed by atoms with van der Waals surface area (Å²) in [6.07, 6.45) is 4.24. The highest BCUT2D eigenvalue weighted by molar-refractivity contribution is 5.59.